The molecule has 26 heavy (non-hydrogen) atoms. The summed E-state index contributed by atoms with van der Waals surface area (Å²) in [6, 6.07) is 12.5. The Balaban J connectivity index is 1.46. The zero-order valence-corrected chi connectivity index (χ0v) is 17.4. The summed E-state index contributed by atoms with van der Waals surface area (Å²) < 4.78 is 13.1. The first-order valence-electron chi connectivity index (χ1n) is 8.74. The minimum atomic E-state index is 0.0400. The Hall–Kier alpha value is -1.09. The molecule has 4 rings (SSSR count). The highest BCUT2D eigenvalue weighted by Crippen LogP contribution is 2.41. The van der Waals surface area contributed by atoms with E-state index in [9.17, 15) is 0 Å². The van der Waals surface area contributed by atoms with Crippen LogP contribution in [0.3, 0.4) is 0 Å². The standard InChI is InChI=1S/C20H21IN2O2S/c21-18-9-19(26)20-17(18)8-15(10-22-20)23-6-7-24-13-16(11-23)25-12-14-4-2-1-3-5-14/h1-5,8-10,16,19,26H,6-7,11-13H2. The summed E-state index contributed by atoms with van der Waals surface area (Å²) in [5.41, 5.74) is 4.54. The van der Waals surface area contributed by atoms with Gasteiger partial charge in [0.1, 0.15) is 0 Å². The molecular formula is C20H21IN2O2S. The second kappa shape index (κ2) is 8.29. The number of thiol groups is 1. The van der Waals surface area contributed by atoms with Crippen LogP contribution in [0.1, 0.15) is 22.1 Å². The average Bonchev–Trinajstić information content (AvgIpc) is 2.84. The number of aromatic nitrogens is 1. The molecule has 0 N–H and O–H groups in total. The number of ether oxygens (including phenoxy) is 2. The van der Waals surface area contributed by atoms with Gasteiger partial charge in [0, 0.05) is 22.2 Å². The third kappa shape index (κ3) is 4.08. The van der Waals surface area contributed by atoms with Crippen LogP contribution in [-0.4, -0.2) is 37.4 Å². The fourth-order valence-electron chi connectivity index (χ4n) is 3.27. The second-order valence-corrected chi connectivity index (χ2v) is 8.24. The van der Waals surface area contributed by atoms with Gasteiger partial charge in [-0.3, -0.25) is 4.98 Å². The van der Waals surface area contributed by atoms with Crippen molar-refractivity contribution in [2.24, 2.45) is 0 Å². The second-order valence-electron chi connectivity index (χ2n) is 6.53. The van der Waals surface area contributed by atoms with Gasteiger partial charge in [0.15, 0.2) is 0 Å². The summed E-state index contributed by atoms with van der Waals surface area (Å²) in [4.78, 5) is 6.97. The maximum atomic E-state index is 6.12. The molecule has 2 aromatic rings. The zero-order chi connectivity index (χ0) is 17.9. The highest BCUT2D eigenvalue weighted by molar-refractivity contribution is 14.1. The molecule has 1 aliphatic heterocycles. The molecular weight excluding hydrogens is 459 g/mol. The first-order chi connectivity index (χ1) is 12.7. The van der Waals surface area contributed by atoms with E-state index in [0.29, 0.717) is 19.8 Å². The van der Waals surface area contributed by atoms with Gasteiger partial charge in [0.05, 0.1) is 48.8 Å². The van der Waals surface area contributed by atoms with Crippen LogP contribution in [0.4, 0.5) is 5.69 Å². The van der Waals surface area contributed by atoms with Crippen molar-refractivity contribution < 1.29 is 9.47 Å². The van der Waals surface area contributed by atoms with Crippen molar-refractivity contribution in [3.8, 4) is 0 Å². The van der Waals surface area contributed by atoms with Crippen LogP contribution >= 0.6 is 35.2 Å². The maximum Gasteiger partial charge on any atom is 0.0987 e. The number of fused-ring (bicyclic) bond motifs is 1. The molecule has 1 aliphatic carbocycles. The first kappa shape index (κ1) is 18.3. The van der Waals surface area contributed by atoms with Crippen molar-refractivity contribution in [2.45, 2.75) is 18.0 Å². The number of hydrogen-bond acceptors (Lipinski definition) is 5. The molecule has 136 valence electrons. The molecule has 1 fully saturated rings. The Labute approximate surface area is 173 Å². The van der Waals surface area contributed by atoms with Crippen molar-refractivity contribution in [2.75, 3.05) is 31.2 Å². The molecule has 0 spiro atoms. The molecule has 0 saturated carbocycles. The van der Waals surface area contributed by atoms with Crippen LogP contribution in [0.25, 0.3) is 3.58 Å². The van der Waals surface area contributed by atoms with Gasteiger partial charge in [-0.25, -0.2) is 0 Å². The van der Waals surface area contributed by atoms with E-state index in [1.165, 1.54) is 14.7 Å². The number of halogens is 1. The van der Waals surface area contributed by atoms with Crippen LogP contribution in [0.15, 0.2) is 48.7 Å². The van der Waals surface area contributed by atoms with Gasteiger partial charge < -0.3 is 14.4 Å². The highest BCUT2D eigenvalue weighted by Gasteiger charge is 2.24. The van der Waals surface area contributed by atoms with E-state index in [2.05, 4.69) is 69.4 Å². The Morgan fingerprint density at radius 1 is 1.31 bits per heavy atom. The third-order valence-electron chi connectivity index (χ3n) is 4.67. The Bertz CT molecular complexity index is 800. The minimum Gasteiger partial charge on any atom is -0.377 e. The lowest BCUT2D eigenvalue weighted by molar-refractivity contribution is -0.00795. The lowest BCUT2D eigenvalue weighted by Crippen LogP contribution is -2.34. The van der Waals surface area contributed by atoms with Gasteiger partial charge in [0.25, 0.3) is 0 Å². The lowest BCUT2D eigenvalue weighted by atomic mass is 10.2. The molecule has 2 atom stereocenters. The summed E-state index contributed by atoms with van der Waals surface area (Å²) in [5.74, 6) is 0. The topological polar surface area (TPSA) is 34.6 Å². The molecule has 1 aromatic carbocycles. The van der Waals surface area contributed by atoms with E-state index in [1.807, 2.05) is 24.4 Å². The average molecular weight is 480 g/mol. The number of nitrogens with zero attached hydrogens (tertiary/aromatic N) is 2. The predicted octanol–water partition coefficient (Wildman–Crippen LogP) is 4.26. The molecule has 2 aliphatic rings. The molecule has 1 saturated heterocycles. The van der Waals surface area contributed by atoms with Gasteiger partial charge in [-0.2, -0.15) is 12.6 Å². The summed E-state index contributed by atoms with van der Waals surface area (Å²) in [7, 11) is 0. The number of rotatable bonds is 4. The van der Waals surface area contributed by atoms with E-state index in [-0.39, 0.29) is 11.4 Å². The van der Waals surface area contributed by atoms with Crippen LogP contribution in [0, 0.1) is 0 Å². The number of pyridine rings is 1. The van der Waals surface area contributed by atoms with E-state index >= 15 is 0 Å². The number of anilines is 1. The summed E-state index contributed by atoms with van der Waals surface area (Å²) in [6.07, 6.45) is 4.13. The van der Waals surface area contributed by atoms with Gasteiger partial charge in [-0.1, -0.05) is 36.4 Å². The first-order valence-corrected chi connectivity index (χ1v) is 10.3. The summed E-state index contributed by atoms with van der Waals surface area (Å²) in [5, 5.41) is 0.0976. The van der Waals surface area contributed by atoms with Crippen molar-refractivity contribution in [3.05, 3.63) is 65.5 Å². The molecule has 2 unspecified atom stereocenters. The van der Waals surface area contributed by atoms with Crippen LogP contribution in [-0.2, 0) is 16.1 Å². The molecule has 0 bridgehead atoms. The number of benzene rings is 1. The predicted molar refractivity (Wildman–Crippen MR) is 116 cm³/mol. The molecule has 0 radical (unpaired) electrons. The fourth-order valence-corrected chi connectivity index (χ4v) is 4.71. The van der Waals surface area contributed by atoms with Crippen molar-refractivity contribution in [3.63, 3.8) is 0 Å². The number of hydrogen-bond donors (Lipinski definition) is 1. The van der Waals surface area contributed by atoms with Gasteiger partial charge in [-0.15, -0.1) is 0 Å². The van der Waals surface area contributed by atoms with Crippen molar-refractivity contribution >= 4 is 44.5 Å². The Morgan fingerprint density at radius 3 is 3.00 bits per heavy atom. The monoisotopic (exact) mass is 480 g/mol. The van der Waals surface area contributed by atoms with Crippen LogP contribution in [0.2, 0.25) is 0 Å². The van der Waals surface area contributed by atoms with Gasteiger partial charge in [0.2, 0.25) is 0 Å². The summed E-state index contributed by atoms with van der Waals surface area (Å²) in [6.45, 7) is 3.57. The molecule has 4 nitrogen and oxygen atoms in total. The van der Waals surface area contributed by atoms with Gasteiger partial charge in [-0.05, 0) is 34.2 Å². The maximum absolute atomic E-state index is 6.12. The van der Waals surface area contributed by atoms with E-state index in [0.717, 1.165) is 24.5 Å². The Kier molecular flexibility index (Phi) is 5.83. The zero-order valence-electron chi connectivity index (χ0n) is 14.3. The molecule has 2 heterocycles. The molecule has 0 amide bonds. The van der Waals surface area contributed by atoms with Crippen LogP contribution < -0.4 is 4.90 Å². The largest absolute Gasteiger partial charge is 0.377 e. The highest BCUT2D eigenvalue weighted by atomic mass is 127. The molecule has 6 heteroatoms. The SMILES string of the molecule is SC1C=C(I)c2cc(N3CCOCC(OCc4ccccc4)C3)cnc21. The van der Waals surface area contributed by atoms with E-state index in [1.54, 1.807) is 0 Å². The van der Waals surface area contributed by atoms with Crippen LogP contribution in [0.5, 0.6) is 0 Å². The fraction of sp³-hybridized carbons (Fsp3) is 0.350. The molecule has 1 aromatic heterocycles. The normalized spacial score (nSPS) is 22.7. The van der Waals surface area contributed by atoms with Gasteiger partial charge >= 0.3 is 0 Å². The van der Waals surface area contributed by atoms with Crippen molar-refractivity contribution in [1.29, 1.82) is 0 Å². The lowest BCUT2D eigenvalue weighted by Gasteiger charge is -2.26. The Morgan fingerprint density at radius 2 is 2.15 bits per heavy atom. The minimum absolute atomic E-state index is 0.0400. The van der Waals surface area contributed by atoms with E-state index in [4.69, 9.17) is 9.47 Å². The smallest absolute Gasteiger partial charge is 0.0987 e. The summed E-state index contributed by atoms with van der Waals surface area (Å²) >= 11 is 6.95. The quantitative estimate of drug-likeness (QED) is 0.524. The van der Waals surface area contributed by atoms with Crippen molar-refractivity contribution in [1.82, 2.24) is 4.98 Å². The third-order valence-corrected chi connectivity index (χ3v) is 6.01. The van der Waals surface area contributed by atoms with E-state index < -0.39 is 0 Å².